The van der Waals surface area contributed by atoms with E-state index in [-0.39, 0.29) is 31.5 Å². The van der Waals surface area contributed by atoms with Gasteiger partial charge in [-0.15, -0.1) is 0 Å². The first-order valence-corrected chi connectivity index (χ1v) is 37.6. The number of benzene rings is 9. The fourth-order valence-electron chi connectivity index (χ4n) is 13.9. The molecule has 12 heteroatoms. The molecule has 5 N–H and O–H groups in total. The van der Waals surface area contributed by atoms with E-state index in [1.165, 1.54) is 92.7 Å². The van der Waals surface area contributed by atoms with Crippen LogP contribution in [-0.2, 0) is 4.79 Å². The molecule has 3 heterocycles. The van der Waals surface area contributed by atoms with Gasteiger partial charge in [-0.25, -0.2) is 0 Å². The van der Waals surface area contributed by atoms with Crippen LogP contribution < -0.4 is 15.1 Å². The molecule has 0 unspecified atom stereocenters. The quantitative estimate of drug-likeness (QED) is 0.0376. The molecule has 520 valence electrons. The Morgan fingerprint density at radius 3 is 1.05 bits per heavy atom. The first kappa shape index (κ1) is 74.5. The van der Waals surface area contributed by atoms with Crippen molar-refractivity contribution in [2.75, 3.05) is 93.8 Å². The normalized spacial score (nSPS) is 15.1. The number of halogens is 2. The highest BCUT2D eigenvalue weighted by Gasteiger charge is 2.23. The topological polar surface area (TPSA) is 123 Å². The molecule has 0 spiro atoms. The van der Waals surface area contributed by atoms with Crippen molar-refractivity contribution >= 4 is 88.3 Å². The summed E-state index contributed by atoms with van der Waals surface area (Å²) in [5.74, 6) is 0.235. The number of piperazine rings is 1. The van der Waals surface area contributed by atoms with Crippen LogP contribution in [-0.4, -0.2) is 121 Å². The minimum Gasteiger partial charge on any atom is -0.508 e. The SMILES string of the molecule is CC(C)N1CCN(c2ccc(/C(=C(/CCCO)c3ccccc3)c3ccc(Br)cc3)cc2)CC1.O=C(CN1CCCCC1)Nc1ccc(/C(=C(/CCCO)c2ccccc2)c2ccc(O)cc2)cc1.OCCC/C(=C(\c1ccc(Br)cc1)c1ccc(N2CCCCC2)cc1)c1ccccc1. The molecule has 0 bridgehead atoms. The van der Waals surface area contributed by atoms with Crippen molar-refractivity contribution in [2.24, 2.45) is 0 Å². The number of aliphatic hydroxyl groups is 3. The van der Waals surface area contributed by atoms with E-state index in [2.05, 4.69) is 240 Å². The van der Waals surface area contributed by atoms with E-state index < -0.39 is 0 Å². The van der Waals surface area contributed by atoms with Crippen molar-refractivity contribution in [3.05, 3.63) is 296 Å². The lowest BCUT2D eigenvalue weighted by molar-refractivity contribution is -0.117. The second-order valence-electron chi connectivity index (χ2n) is 26.4. The number of piperidine rings is 2. The average molecular weight is 1470 g/mol. The smallest absolute Gasteiger partial charge is 0.238 e. The zero-order valence-electron chi connectivity index (χ0n) is 58.3. The lowest BCUT2D eigenvalue weighted by atomic mass is 9.87. The molecule has 3 fully saturated rings. The van der Waals surface area contributed by atoms with Gasteiger partial charge in [0, 0.05) is 91.1 Å². The second-order valence-corrected chi connectivity index (χ2v) is 28.3. The van der Waals surface area contributed by atoms with E-state index in [4.69, 9.17) is 0 Å². The number of aliphatic hydroxyl groups excluding tert-OH is 3. The van der Waals surface area contributed by atoms with Crippen molar-refractivity contribution in [2.45, 2.75) is 96.9 Å². The Labute approximate surface area is 611 Å². The molecule has 0 aromatic heterocycles. The molecule has 1 amide bonds. The molecule has 0 atom stereocenters. The number of rotatable bonds is 24. The Morgan fingerprint density at radius 1 is 0.380 bits per heavy atom. The molecule has 3 aliphatic heterocycles. The lowest BCUT2D eigenvalue weighted by Crippen LogP contribution is -2.48. The number of likely N-dealkylation sites (tertiary alicyclic amines) is 1. The van der Waals surface area contributed by atoms with E-state index in [0.29, 0.717) is 25.4 Å². The number of aromatic hydroxyl groups is 1. The van der Waals surface area contributed by atoms with Crippen LogP contribution in [0.5, 0.6) is 5.75 Å². The molecular formula is C88H99Br2N5O5. The van der Waals surface area contributed by atoms with Gasteiger partial charge in [0.05, 0.1) is 6.54 Å². The Morgan fingerprint density at radius 2 is 0.700 bits per heavy atom. The highest BCUT2D eigenvalue weighted by Crippen LogP contribution is 2.40. The Hall–Kier alpha value is -8.17. The number of hydrogen-bond donors (Lipinski definition) is 5. The summed E-state index contributed by atoms with van der Waals surface area (Å²) in [4.78, 5) is 22.3. The summed E-state index contributed by atoms with van der Waals surface area (Å²) >= 11 is 7.16. The highest BCUT2D eigenvalue weighted by atomic mass is 79.9. The molecule has 12 rings (SSSR count). The second kappa shape index (κ2) is 39.1. The number of nitrogens with one attached hydrogen (secondary N) is 1. The number of allylic oxidation sites excluding steroid dienone is 3. The first-order valence-electron chi connectivity index (χ1n) is 36.0. The van der Waals surface area contributed by atoms with Crippen molar-refractivity contribution in [3.63, 3.8) is 0 Å². The van der Waals surface area contributed by atoms with Gasteiger partial charge in [-0.05, 0) is 254 Å². The van der Waals surface area contributed by atoms with Crippen LogP contribution >= 0.6 is 31.9 Å². The van der Waals surface area contributed by atoms with Gasteiger partial charge in [0.15, 0.2) is 0 Å². The van der Waals surface area contributed by atoms with Crippen LogP contribution in [0.4, 0.5) is 17.1 Å². The molecular weight excluding hydrogens is 1370 g/mol. The van der Waals surface area contributed by atoms with E-state index in [9.17, 15) is 25.2 Å². The van der Waals surface area contributed by atoms with E-state index in [1.807, 2.05) is 54.6 Å². The molecule has 100 heavy (non-hydrogen) atoms. The van der Waals surface area contributed by atoms with E-state index in [1.54, 1.807) is 12.1 Å². The van der Waals surface area contributed by atoms with Gasteiger partial charge < -0.3 is 35.5 Å². The number of hydrogen-bond acceptors (Lipinski definition) is 9. The van der Waals surface area contributed by atoms with Gasteiger partial charge in [-0.1, -0.05) is 202 Å². The monoisotopic (exact) mass is 1460 g/mol. The number of amides is 1. The highest BCUT2D eigenvalue weighted by molar-refractivity contribution is 9.10. The average Bonchev–Trinajstić information content (AvgIpc) is 0.810. The summed E-state index contributed by atoms with van der Waals surface area (Å²) in [5.41, 5.74) is 21.0. The van der Waals surface area contributed by atoms with Crippen LogP contribution in [0.3, 0.4) is 0 Å². The fourth-order valence-corrected chi connectivity index (χ4v) is 14.4. The van der Waals surface area contributed by atoms with Gasteiger partial charge in [0.1, 0.15) is 5.75 Å². The Kier molecular flexibility index (Phi) is 29.2. The molecule has 3 saturated heterocycles. The van der Waals surface area contributed by atoms with Gasteiger partial charge >= 0.3 is 0 Å². The van der Waals surface area contributed by atoms with Crippen LogP contribution in [0.15, 0.2) is 246 Å². The van der Waals surface area contributed by atoms with Gasteiger partial charge in [0.2, 0.25) is 5.91 Å². The summed E-state index contributed by atoms with van der Waals surface area (Å²) in [6.45, 7) is 14.1. The predicted molar refractivity (Wildman–Crippen MR) is 426 cm³/mol. The third-order valence-corrected chi connectivity index (χ3v) is 20.2. The zero-order chi connectivity index (χ0) is 69.8. The van der Waals surface area contributed by atoms with E-state index in [0.717, 1.165) is 133 Å². The zero-order valence-corrected chi connectivity index (χ0v) is 61.5. The minimum atomic E-state index is 0.0156. The van der Waals surface area contributed by atoms with Gasteiger partial charge in [-0.3, -0.25) is 14.6 Å². The fraction of sp³-hybridized carbons (Fsp3) is 0.307. The van der Waals surface area contributed by atoms with Crippen LogP contribution in [0.25, 0.3) is 33.4 Å². The third-order valence-electron chi connectivity index (χ3n) is 19.2. The molecule has 3 aliphatic rings. The number of phenols is 1. The third kappa shape index (κ3) is 21.4. The molecule has 0 radical (unpaired) electrons. The van der Waals surface area contributed by atoms with Crippen molar-refractivity contribution in [3.8, 4) is 5.75 Å². The van der Waals surface area contributed by atoms with Crippen LogP contribution in [0, 0.1) is 0 Å². The number of phenolic OH excluding ortho intramolecular Hbond substituents is 1. The molecule has 0 aliphatic carbocycles. The molecule has 9 aromatic rings. The molecule has 0 saturated carbocycles. The maximum atomic E-state index is 12.6. The number of anilines is 3. The molecule has 10 nitrogen and oxygen atoms in total. The van der Waals surface area contributed by atoms with Crippen molar-refractivity contribution < 1.29 is 25.2 Å². The van der Waals surface area contributed by atoms with E-state index >= 15 is 0 Å². The number of nitrogens with zero attached hydrogens (tertiary/aromatic N) is 4. The first-order chi connectivity index (χ1) is 49.0. The number of carbonyl (C=O) groups excluding carboxylic acids is 1. The summed E-state index contributed by atoms with van der Waals surface area (Å²) in [7, 11) is 0. The molecule has 9 aromatic carbocycles. The summed E-state index contributed by atoms with van der Waals surface area (Å²) in [6, 6.07) is 82.4. The van der Waals surface area contributed by atoms with Gasteiger partial charge in [-0.2, -0.15) is 0 Å². The van der Waals surface area contributed by atoms with Crippen LogP contribution in [0.1, 0.15) is 141 Å². The minimum absolute atomic E-state index is 0.0156. The predicted octanol–water partition coefficient (Wildman–Crippen LogP) is 19.4. The Bertz CT molecular complexity index is 4020. The van der Waals surface area contributed by atoms with Crippen molar-refractivity contribution in [1.29, 1.82) is 0 Å². The van der Waals surface area contributed by atoms with Gasteiger partial charge in [0.25, 0.3) is 0 Å². The summed E-state index contributed by atoms with van der Waals surface area (Å²) < 4.78 is 2.15. The Balaban J connectivity index is 0.000000162. The maximum Gasteiger partial charge on any atom is 0.238 e. The van der Waals surface area contributed by atoms with Crippen molar-refractivity contribution in [1.82, 2.24) is 9.80 Å². The lowest BCUT2D eigenvalue weighted by Gasteiger charge is -2.38. The number of carbonyl (C=O) groups is 1. The maximum absolute atomic E-state index is 12.6. The summed E-state index contributed by atoms with van der Waals surface area (Å²) in [6.07, 6.45) is 12.0. The largest absolute Gasteiger partial charge is 0.508 e. The standard InChI is InChI=1S/C30H35BrN2O.C30H34N2O3.C28H30BrNO/c1-23(2)32-18-20-33(21-19-32)28-16-12-26(13-17-28)30(25-10-14-27(31)15-11-25)29(9-6-22-34)24-7-4-3-5-8-24;33-21-7-10-28(23-8-3-1-4-9-23)30(25-13-17-27(34)18-14-25)24-11-15-26(16-12-24)31-29(35)22-32-19-5-2-6-20-32;29-25-15-11-23(12-16-25)28(27(10-7-21-31)22-8-3-1-4-9-22)24-13-17-26(18-14-24)30-19-5-2-6-20-30/h3-5,7-8,10-17,23,34H,6,9,18-22H2,1-2H3;1,3-4,8-9,11-18,33-34H,2,5-7,10,19-22H2,(H,31,35);1,3-4,8-9,11-18,31H,2,5-7,10,19-21H2/b30-29-;30-28+;28-27-. The summed E-state index contributed by atoms with van der Waals surface area (Å²) in [5, 5.41) is 41.6. The van der Waals surface area contributed by atoms with Crippen LogP contribution in [0.2, 0.25) is 0 Å².